The Labute approximate surface area is 130 Å². The fourth-order valence-corrected chi connectivity index (χ4v) is 5.62. The minimum absolute atomic E-state index is 0.540. The van der Waals surface area contributed by atoms with Gasteiger partial charge in [0.25, 0.3) is 0 Å². The van der Waals surface area contributed by atoms with Crippen LogP contribution in [0.15, 0.2) is 0 Å². The first-order chi connectivity index (χ1) is 10.2. The second-order valence-electron chi connectivity index (χ2n) is 6.02. The van der Waals surface area contributed by atoms with Gasteiger partial charge in [-0.1, -0.05) is 0 Å². The summed E-state index contributed by atoms with van der Waals surface area (Å²) in [5.41, 5.74) is 0. The van der Waals surface area contributed by atoms with E-state index in [2.05, 4.69) is 25.3 Å². The summed E-state index contributed by atoms with van der Waals surface area (Å²) < 4.78 is 23.1. The van der Waals surface area contributed by atoms with E-state index < -0.39 is 8.56 Å². The van der Waals surface area contributed by atoms with E-state index in [-0.39, 0.29) is 0 Å². The molecule has 2 fully saturated rings. The van der Waals surface area contributed by atoms with Crippen molar-refractivity contribution >= 4 is 8.56 Å². The second-order valence-corrected chi connectivity index (χ2v) is 9.37. The van der Waals surface area contributed by atoms with Gasteiger partial charge in [-0.25, -0.2) is 0 Å². The molecule has 6 heteroatoms. The van der Waals surface area contributed by atoms with Crippen molar-refractivity contribution in [1.82, 2.24) is 4.90 Å². The summed E-state index contributed by atoms with van der Waals surface area (Å²) in [6, 6.07) is 2.10. The normalized spacial score (nSPS) is 26.9. The van der Waals surface area contributed by atoms with Crippen LogP contribution < -0.4 is 0 Å². The molecule has 0 radical (unpaired) electrons. The van der Waals surface area contributed by atoms with Gasteiger partial charge in [0.15, 0.2) is 0 Å². The fourth-order valence-electron chi connectivity index (χ4n) is 3.36. The highest BCUT2D eigenvalue weighted by atomic mass is 28.4. The number of rotatable bonds is 9. The van der Waals surface area contributed by atoms with Gasteiger partial charge in [-0.05, 0) is 33.2 Å². The first-order valence-corrected chi connectivity index (χ1v) is 10.9. The molecule has 2 saturated heterocycles. The van der Waals surface area contributed by atoms with Crippen LogP contribution in [0.1, 0.15) is 26.7 Å². The predicted molar refractivity (Wildman–Crippen MR) is 84.8 cm³/mol. The molecule has 0 aliphatic carbocycles. The second kappa shape index (κ2) is 8.60. The smallest absolute Gasteiger partial charge is 0.336 e. The number of nitrogens with zero attached hydrogens (tertiary/aromatic N) is 1. The van der Waals surface area contributed by atoms with Crippen LogP contribution in [-0.2, 0) is 18.3 Å². The van der Waals surface area contributed by atoms with Crippen LogP contribution in [0.4, 0.5) is 0 Å². The van der Waals surface area contributed by atoms with Crippen LogP contribution in [0, 0.1) is 0 Å². The molecule has 2 heterocycles. The Balaban J connectivity index is 1.93. The summed E-state index contributed by atoms with van der Waals surface area (Å²) in [4.78, 5) is 2.60. The fraction of sp³-hybridized carbons (Fsp3) is 1.00. The minimum atomic E-state index is -2.04. The summed E-state index contributed by atoms with van der Waals surface area (Å²) in [5.74, 6) is 0. The molecule has 0 aromatic carbocycles. The van der Waals surface area contributed by atoms with Crippen LogP contribution in [-0.4, -0.2) is 71.7 Å². The lowest BCUT2D eigenvalue weighted by molar-refractivity contribution is 0.0932. The third-order valence-electron chi connectivity index (χ3n) is 4.47. The van der Waals surface area contributed by atoms with E-state index in [1.165, 1.54) is 0 Å². The van der Waals surface area contributed by atoms with E-state index in [0.29, 0.717) is 12.1 Å². The topological polar surface area (TPSA) is 40.2 Å². The maximum Gasteiger partial charge on any atom is 0.336 e. The summed E-state index contributed by atoms with van der Waals surface area (Å²) in [6.07, 6.45) is 2.27. The average Bonchev–Trinajstić information content (AvgIpc) is 3.12. The van der Waals surface area contributed by atoms with Gasteiger partial charge < -0.3 is 18.3 Å². The van der Waals surface area contributed by atoms with Gasteiger partial charge in [-0.3, -0.25) is 4.90 Å². The molecule has 2 aliphatic heterocycles. The van der Waals surface area contributed by atoms with Gasteiger partial charge in [0.2, 0.25) is 0 Å². The van der Waals surface area contributed by atoms with E-state index >= 15 is 0 Å². The van der Waals surface area contributed by atoms with Gasteiger partial charge in [-0.15, -0.1) is 0 Å². The third-order valence-corrected chi connectivity index (χ3v) is 7.40. The Bertz CT molecular complexity index is 271. The maximum atomic E-state index is 5.97. The van der Waals surface area contributed by atoms with Crippen molar-refractivity contribution in [3.8, 4) is 0 Å². The van der Waals surface area contributed by atoms with Crippen molar-refractivity contribution < 1.29 is 18.3 Å². The Morgan fingerprint density at radius 1 is 1.00 bits per heavy atom. The molecule has 0 saturated carbocycles. The standard InChI is InChI=1S/C15H31NO4Si/c1-4-19-21(3,20-5-2)11-8-16(14-6-9-17-12-14)15-7-10-18-13-15/h14-15H,4-13H2,1-3H3. The average molecular weight is 318 g/mol. The SMILES string of the molecule is CCO[Si](C)(CCN(C1CCOC1)C1CCOC1)OCC. The van der Waals surface area contributed by atoms with Gasteiger partial charge in [-0.2, -0.15) is 0 Å². The summed E-state index contributed by atoms with van der Waals surface area (Å²) in [7, 11) is -2.04. The van der Waals surface area contributed by atoms with Gasteiger partial charge in [0.05, 0.1) is 13.2 Å². The van der Waals surface area contributed by atoms with Crippen LogP contribution in [0.5, 0.6) is 0 Å². The van der Waals surface area contributed by atoms with E-state index in [4.69, 9.17) is 18.3 Å². The lowest BCUT2D eigenvalue weighted by Crippen LogP contribution is -2.48. The molecule has 2 atom stereocenters. The lowest BCUT2D eigenvalue weighted by Gasteiger charge is -2.35. The molecular formula is C15H31NO4Si. The lowest BCUT2D eigenvalue weighted by atomic mass is 10.1. The number of ether oxygens (including phenoxy) is 2. The number of hydrogen-bond donors (Lipinski definition) is 0. The highest BCUT2D eigenvalue weighted by molar-refractivity contribution is 6.66. The predicted octanol–water partition coefficient (Wildman–Crippen LogP) is 2.01. The molecular weight excluding hydrogens is 286 g/mol. The first-order valence-electron chi connectivity index (χ1n) is 8.37. The molecule has 2 rings (SSSR count). The van der Waals surface area contributed by atoms with Crippen molar-refractivity contribution in [1.29, 1.82) is 0 Å². The third kappa shape index (κ3) is 5.01. The Morgan fingerprint density at radius 2 is 1.52 bits per heavy atom. The van der Waals surface area contributed by atoms with Gasteiger partial charge in [0, 0.05) is 51.1 Å². The first kappa shape index (κ1) is 17.4. The van der Waals surface area contributed by atoms with Crippen LogP contribution in [0.25, 0.3) is 0 Å². The van der Waals surface area contributed by atoms with Crippen LogP contribution in [0.3, 0.4) is 0 Å². The van der Waals surface area contributed by atoms with Crippen molar-refractivity contribution in [3.63, 3.8) is 0 Å². The molecule has 0 bridgehead atoms. The van der Waals surface area contributed by atoms with Gasteiger partial charge >= 0.3 is 8.56 Å². The zero-order valence-corrected chi connectivity index (χ0v) is 14.8. The highest BCUT2D eigenvalue weighted by Gasteiger charge is 2.36. The monoisotopic (exact) mass is 317 g/mol. The molecule has 0 amide bonds. The van der Waals surface area contributed by atoms with E-state index in [9.17, 15) is 0 Å². The quantitative estimate of drug-likeness (QED) is 0.608. The molecule has 2 aliphatic rings. The molecule has 5 nitrogen and oxygen atoms in total. The largest absolute Gasteiger partial charge is 0.395 e. The van der Waals surface area contributed by atoms with Crippen molar-refractivity contribution in [2.24, 2.45) is 0 Å². The Hall–Kier alpha value is 0.0169. The van der Waals surface area contributed by atoms with Crippen LogP contribution in [0.2, 0.25) is 12.6 Å². The molecule has 0 aromatic heterocycles. The number of hydrogen-bond acceptors (Lipinski definition) is 5. The van der Waals surface area contributed by atoms with Crippen molar-refractivity contribution in [3.05, 3.63) is 0 Å². The molecule has 0 N–H and O–H groups in total. The highest BCUT2D eigenvalue weighted by Crippen LogP contribution is 2.24. The van der Waals surface area contributed by atoms with E-state index in [1.54, 1.807) is 0 Å². The minimum Gasteiger partial charge on any atom is -0.395 e. The van der Waals surface area contributed by atoms with Crippen molar-refractivity contribution in [2.75, 3.05) is 46.2 Å². The summed E-state index contributed by atoms with van der Waals surface area (Å²) in [6.45, 7) is 12.3. The molecule has 0 aromatic rings. The summed E-state index contributed by atoms with van der Waals surface area (Å²) >= 11 is 0. The zero-order valence-electron chi connectivity index (χ0n) is 13.8. The van der Waals surface area contributed by atoms with Gasteiger partial charge in [0.1, 0.15) is 0 Å². The molecule has 124 valence electrons. The molecule has 0 spiro atoms. The van der Waals surface area contributed by atoms with Crippen molar-refractivity contribution in [2.45, 2.75) is 51.4 Å². The zero-order chi connectivity index (χ0) is 15.1. The summed E-state index contributed by atoms with van der Waals surface area (Å²) in [5, 5.41) is 0. The Morgan fingerprint density at radius 3 is 1.90 bits per heavy atom. The molecule has 2 unspecified atom stereocenters. The van der Waals surface area contributed by atoms with E-state index in [0.717, 1.165) is 65.1 Å². The van der Waals surface area contributed by atoms with E-state index in [1.807, 2.05) is 0 Å². The maximum absolute atomic E-state index is 5.97. The molecule has 21 heavy (non-hydrogen) atoms. The van der Waals surface area contributed by atoms with Crippen LogP contribution >= 0.6 is 0 Å². The Kier molecular flexibility index (Phi) is 7.11.